The van der Waals surface area contributed by atoms with Crippen LogP contribution in [0.4, 0.5) is 0 Å². The lowest BCUT2D eigenvalue weighted by molar-refractivity contribution is -0.132. The summed E-state index contributed by atoms with van der Waals surface area (Å²) in [7, 11) is 0. The Kier molecular flexibility index (Phi) is 6.24. The zero-order valence-electron chi connectivity index (χ0n) is 8.71. The Morgan fingerprint density at radius 3 is 2.15 bits per heavy atom. The van der Waals surface area contributed by atoms with Gasteiger partial charge < -0.3 is 10.0 Å². The molecule has 76 valence electrons. The van der Waals surface area contributed by atoms with Crippen LogP contribution < -0.4 is 0 Å². The van der Waals surface area contributed by atoms with E-state index in [9.17, 15) is 4.79 Å². The summed E-state index contributed by atoms with van der Waals surface area (Å²) in [6.45, 7) is 8.67. The van der Waals surface area contributed by atoms with E-state index in [1.165, 1.54) is 0 Å². The minimum atomic E-state index is -0.797. The minimum absolute atomic E-state index is 0.506. The summed E-state index contributed by atoms with van der Waals surface area (Å²) in [5.41, 5.74) is 0.506. The van der Waals surface area contributed by atoms with Gasteiger partial charge in [-0.25, -0.2) is 4.79 Å². The highest BCUT2D eigenvalue weighted by Gasteiger charge is 2.04. The van der Waals surface area contributed by atoms with Gasteiger partial charge in [0, 0.05) is 12.1 Å². The smallest absolute Gasteiger partial charge is 0.331 e. The summed E-state index contributed by atoms with van der Waals surface area (Å²) >= 11 is 0. The Morgan fingerprint density at radius 2 is 1.85 bits per heavy atom. The van der Waals surface area contributed by atoms with Crippen molar-refractivity contribution in [2.24, 2.45) is 0 Å². The topological polar surface area (TPSA) is 40.5 Å². The predicted molar refractivity (Wildman–Crippen MR) is 53.8 cm³/mol. The molecule has 0 fully saturated rings. The first kappa shape index (κ1) is 12.2. The van der Waals surface area contributed by atoms with Gasteiger partial charge in [0.1, 0.15) is 0 Å². The summed E-state index contributed by atoms with van der Waals surface area (Å²) in [6.07, 6.45) is 2.39. The quantitative estimate of drug-likeness (QED) is 0.641. The number of aliphatic carboxylic acids is 1. The molecule has 0 aliphatic rings. The summed E-state index contributed by atoms with van der Waals surface area (Å²) in [5.74, 6) is -0.797. The molecule has 3 nitrogen and oxygen atoms in total. The molecule has 3 heteroatoms. The number of carbonyl (C=O) groups is 1. The van der Waals surface area contributed by atoms with E-state index in [0.29, 0.717) is 12.0 Å². The molecule has 0 amide bonds. The first-order chi connectivity index (χ1) is 6.15. The third-order valence-corrected chi connectivity index (χ3v) is 2.15. The van der Waals surface area contributed by atoms with Gasteiger partial charge in [0.25, 0.3) is 0 Å². The van der Waals surface area contributed by atoms with Crippen LogP contribution in [0.1, 0.15) is 27.2 Å². The van der Waals surface area contributed by atoms with Crippen molar-refractivity contribution in [3.05, 3.63) is 11.6 Å². The second kappa shape index (κ2) is 6.66. The highest BCUT2D eigenvalue weighted by Crippen LogP contribution is 2.01. The maximum absolute atomic E-state index is 10.6. The summed E-state index contributed by atoms with van der Waals surface area (Å²) < 4.78 is 0. The van der Waals surface area contributed by atoms with Crippen molar-refractivity contribution in [2.75, 3.05) is 19.6 Å². The minimum Gasteiger partial charge on any atom is -0.478 e. The third-order valence-electron chi connectivity index (χ3n) is 2.15. The molecule has 0 saturated heterocycles. The van der Waals surface area contributed by atoms with Gasteiger partial charge in [0.05, 0.1) is 0 Å². The van der Waals surface area contributed by atoms with Crippen LogP contribution in [0.5, 0.6) is 0 Å². The third kappa shape index (κ3) is 4.68. The maximum Gasteiger partial charge on any atom is 0.331 e. The lowest BCUT2D eigenvalue weighted by Gasteiger charge is -2.15. The van der Waals surface area contributed by atoms with Gasteiger partial charge in [-0.15, -0.1) is 0 Å². The monoisotopic (exact) mass is 185 g/mol. The average Bonchev–Trinajstić information content (AvgIpc) is 2.12. The van der Waals surface area contributed by atoms with Gasteiger partial charge in [-0.05, 0) is 19.5 Å². The fourth-order valence-electron chi connectivity index (χ4n) is 1.10. The van der Waals surface area contributed by atoms with E-state index in [4.69, 9.17) is 5.11 Å². The van der Waals surface area contributed by atoms with Crippen LogP contribution >= 0.6 is 0 Å². The second-order valence-electron chi connectivity index (χ2n) is 2.87. The molecule has 1 N–H and O–H groups in total. The molecule has 0 aliphatic carbocycles. The molecule has 0 spiro atoms. The highest BCUT2D eigenvalue weighted by molar-refractivity contribution is 5.86. The maximum atomic E-state index is 10.6. The van der Waals surface area contributed by atoms with E-state index in [1.54, 1.807) is 6.08 Å². The Bertz CT molecular complexity index is 183. The van der Waals surface area contributed by atoms with Crippen LogP contribution in [0.25, 0.3) is 0 Å². The molecule has 0 saturated carbocycles. The van der Waals surface area contributed by atoms with E-state index in [1.807, 2.05) is 6.92 Å². The van der Waals surface area contributed by atoms with Crippen LogP contribution in [0.2, 0.25) is 0 Å². The van der Waals surface area contributed by atoms with E-state index in [2.05, 4.69) is 18.7 Å². The number of nitrogens with zero attached hydrogens (tertiary/aromatic N) is 1. The van der Waals surface area contributed by atoms with Gasteiger partial charge in [0.15, 0.2) is 0 Å². The van der Waals surface area contributed by atoms with Crippen LogP contribution in [-0.2, 0) is 4.79 Å². The molecule has 0 radical (unpaired) electrons. The zero-order chi connectivity index (χ0) is 10.3. The average molecular weight is 185 g/mol. The van der Waals surface area contributed by atoms with Crippen LogP contribution in [0, 0.1) is 0 Å². The second-order valence-corrected chi connectivity index (χ2v) is 2.87. The normalized spacial score (nSPS) is 12.2. The SMILES string of the molecule is CCC(=CCN(CC)CC)C(=O)O. The van der Waals surface area contributed by atoms with Crippen LogP contribution in [-0.4, -0.2) is 35.6 Å². The largest absolute Gasteiger partial charge is 0.478 e. The van der Waals surface area contributed by atoms with E-state index >= 15 is 0 Å². The van der Waals surface area contributed by atoms with Gasteiger partial charge in [-0.2, -0.15) is 0 Å². The number of hydrogen-bond acceptors (Lipinski definition) is 2. The number of hydrogen-bond donors (Lipinski definition) is 1. The molecular weight excluding hydrogens is 166 g/mol. The number of carboxylic acid groups (broad SMARTS) is 1. The molecule has 0 aromatic rings. The van der Waals surface area contributed by atoms with Crippen molar-refractivity contribution >= 4 is 5.97 Å². The fraction of sp³-hybridized carbons (Fsp3) is 0.700. The lowest BCUT2D eigenvalue weighted by atomic mass is 10.2. The van der Waals surface area contributed by atoms with Gasteiger partial charge >= 0.3 is 5.97 Å². The van der Waals surface area contributed by atoms with Crippen molar-refractivity contribution < 1.29 is 9.90 Å². The van der Waals surface area contributed by atoms with Gasteiger partial charge in [-0.3, -0.25) is 0 Å². The summed E-state index contributed by atoms with van der Waals surface area (Å²) in [6, 6.07) is 0. The molecule has 0 bridgehead atoms. The van der Waals surface area contributed by atoms with Crippen molar-refractivity contribution in [3.63, 3.8) is 0 Å². The van der Waals surface area contributed by atoms with E-state index < -0.39 is 5.97 Å². The van der Waals surface area contributed by atoms with Crippen LogP contribution in [0.15, 0.2) is 11.6 Å². The molecule has 0 heterocycles. The summed E-state index contributed by atoms with van der Waals surface area (Å²) in [4.78, 5) is 12.8. The Hall–Kier alpha value is -0.830. The van der Waals surface area contributed by atoms with Crippen molar-refractivity contribution in [1.29, 1.82) is 0 Å². The Labute approximate surface area is 80.0 Å². The predicted octanol–water partition coefficient (Wildman–Crippen LogP) is 1.75. The Morgan fingerprint density at radius 1 is 1.31 bits per heavy atom. The first-order valence-corrected chi connectivity index (χ1v) is 4.80. The fourth-order valence-corrected chi connectivity index (χ4v) is 1.10. The van der Waals surface area contributed by atoms with E-state index in [0.717, 1.165) is 19.6 Å². The lowest BCUT2D eigenvalue weighted by Crippen LogP contribution is -2.23. The van der Waals surface area contributed by atoms with Crippen molar-refractivity contribution in [2.45, 2.75) is 27.2 Å². The molecule has 0 rings (SSSR count). The van der Waals surface area contributed by atoms with E-state index in [-0.39, 0.29) is 0 Å². The molecular formula is C10H19NO2. The molecule has 0 unspecified atom stereocenters. The number of carboxylic acids is 1. The Balaban J connectivity index is 4.12. The van der Waals surface area contributed by atoms with Gasteiger partial charge in [0.2, 0.25) is 0 Å². The summed E-state index contributed by atoms with van der Waals surface area (Å²) in [5, 5.41) is 8.74. The zero-order valence-corrected chi connectivity index (χ0v) is 8.71. The van der Waals surface area contributed by atoms with Crippen molar-refractivity contribution in [3.8, 4) is 0 Å². The number of rotatable bonds is 6. The molecule has 0 aliphatic heterocycles. The molecule has 0 atom stereocenters. The number of likely N-dealkylation sites (N-methyl/N-ethyl adjacent to an activating group) is 1. The molecule has 0 aromatic carbocycles. The standard InChI is InChI=1S/C10H19NO2/c1-4-9(10(12)13)7-8-11(5-2)6-3/h7H,4-6,8H2,1-3H3,(H,12,13). The first-order valence-electron chi connectivity index (χ1n) is 4.80. The molecule has 0 aromatic heterocycles. The van der Waals surface area contributed by atoms with Crippen molar-refractivity contribution in [1.82, 2.24) is 4.90 Å². The molecule has 13 heavy (non-hydrogen) atoms. The van der Waals surface area contributed by atoms with Crippen LogP contribution in [0.3, 0.4) is 0 Å². The van der Waals surface area contributed by atoms with Gasteiger partial charge in [-0.1, -0.05) is 26.8 Å². The highest BCUT2D eigenvalue weighted by atomic mass is 16.4.